The number of hydrogen-bond acceptors (Lipinski definition) is 5. The maximum absolute atomic E-state index is 13.9. The van der Waals surface area contributed by atoms with Crippen molar-refractivity contribution < 1.29 is 22.3 Å². The summed E-state index contributed by atoms with van der Waals surface area (Å²) in [4.78, 5) is 8.83. The van der Waals surface area contributed by atoms with Gasteiger partial charge in [-0.2, -0.15) is 4.98 Å². The minimum absolute atomic E-state index is 0.266. The van der Waals surface area contributed by atoms with Crippen LogP contribution in [0.25, 0.3) is 11.3 Å². The van der Waals surface area contributed by atoms with Crippen LogP contribution in [0.5, 0.6) is 5.75 Å². The van der Waals surface area contributed by atoms with Gasteiger partial charge in [-0.25, -0.2) is 9.37 Å². The highest BCUT2D eigenvalue weighted by Crippen LogP contribution is 2.30. The lowest BCUT2D eigenvalue weighted by Crippen LogP contribution is -2.27. The number of nitrogens with zero attached hydrogens (tertiary/aromatic N) is 2. The molecule has 0 amide bonds. The number of ether oxygens (including phenoxy) is 1. The summed E-state index contributed by atoms with van der Waals surface area (Å²) in [7, 11) is 0. The van der Waals surface area contributed by atoms with Crippen LogP contribution in [-0.2, 0) is 0 Å². The van der Waals surface area contributed by atoms with Crippen LogP contribution in [0.1, 0.15) is 26.3 Å². The lowest BCUT2D eigenvalue weighted by molar-refractivity contribution is -0.274. The van der Waals surface area contributed by atoms with Gasteiger partial charge in [0.25, 0.3) is 0 Å². The molecule has 0 aliphatic heterocycles. The van der Waals surface area contributed by atoms with Crippen molar-refractivity contribution in [3.63, 3.8) is 0 Å². The van der Waals surface area contributed by atoms with Gasteiger partial charge in [-0.15, -0.1) is 13.2 Å². The number of halogens is 4. The molecule has 3 aromatic rings. The highest BCUT2D eigenvalue weighted by atomic mass is 19.4. The Bertz CT molecular complexity index is 1080. The lowest BCUT2D eigenvalue weighted by atomic mass is 10.1. The second kappa shape index (κ2) is 8.41. The van der Waals surface area contributed by atoms with Crippen LogP contribution in [0.15, 0.2) is 48.5 Å². The zero-order chi connectivity index (χ0) is 22.8. The van der Waals surface area contributed by atoms with Crippen molar-refractivity contribution in [3.05, 3.63) is 59.9 Å². The Morgan fingerprint density at radius 3 is 2.32 bits per heavy atom. The molecule has 0 saturated carbocycles. The summed E-state index contributed by atoms with van der Waals surface area (Å²) < 4.78 is 55.7. The SMILES string of the molecule is Cc1ccc(Nc2cc(-c3cccc(OC(F)(F)F)c3)nc(NC(C)(C)C)n2)cc1F. The Morgan fingerprint density at radius 1 is 0.935 bits per heavy atom. The molecule has 1 aromatic heterocycles. The molecule has 1 heterocycles. The molecule has 0 saturated heterocycles. The number of rotatable bonds is 5. The van der Waals surface area contributed by atoms with E-state index in [-0.39, 0.29) is 23.1 Å². The lowest BCUT2D eigenvalue weighted by Gasteiger charge is -2.21. The number of nitrogens with one attached hydrogen (secondary N) is 2. The molecule has 2 N–H and O–H groups in total. The van der Waals surface area contributed by atoms with Gasteiger partial charge in [0, 0.05) is 22.9 Å². The first-order valence-electron chi connectivity index (χ1n) is 9.45. The standard InChI is InChI=1S/C22H22F4N4O/c1-13-8-9-15(11-17(13)23)27-19-12-18(28-20(29-19)30-21(2,3)4)14-6-5-7-16(10-14)31-22(24,25)26/h5-12H,1-4H3,(H2,27,28,29,30). The molecule has 164 valence electrons. The monoisotopic (exact) mass is 434 g/mol. The number of hydrogen-bond donors (Lipinski definition) is 2. The minimum atomic E-state index is -4.80. The number of aromatic nitrogens is 2. The van der Waals surface area contributed by atoms with Gasteiger partial charge in [-0.1, -0.05) is 18.2 Å². The van der Waals surface area contributed by atoms with E-state index in [1.165, 1.54) is 24.3 Å². The largest absolute Gasteiger partial charge is 0.573 e. The molecule has 31 heavy (non-hydrogen) atoms. The van der Waals surface area contributed by atoms with Gasteiger partial charge in [0.1, 0.15) is 17.4 Å². The van der Waals surface area contributed by atoms with Crippen molar-refractivity contribution in [1.82, 2.24) is 9.97 Å². The molecular formula is C22H22F4N4O. The van der Waals surface area contributed by atoms with Crippen molar-refractivity contribution >= 4 is 17.5 Å². The zero-order valence-electron chi connectivity index (χ0n) is 17.4. The van der Waals surface area contributed by atoms with Gasteiger partial charge in [0.05, 0.1) is 5.69 Å². The molecule has 2 aromatic carbocycles. The van der Waals surface area contributed by atoms with Crippen molar-refractivity contribution in [2.24, 2.45) is 0 Å². The van der Waals surface area contributed by atoms with Crippen LogP contribution in [-0.4, -0.2) is 21.9 Å². The van der Waals surface area contributed by atoms with Gasteiger partial charge in [-0.05, 0) is 57.5 Å². The van der Waals surface area contributed by atoms with E-state index >= 15 is 0 Å². The van der Waals surface area contributed by atoms with Crippen molar-refractivity contribution in [2.45, 2.75) is 39.6 Å². The van der Waals surface area contributed by atoms with Gasteiger partial charge in [0.15, 0.2) is 0 Å². The summed E-state index contributed by atoms with van der Waals surface area (Å²) in [5.74, 6) is -0.113. The Balaban J connectivity index is 2.01. The fourth-order valence-corrected chi connectivity index (χ4v) is 2.72. The third-order valence-corrected chi connectivity index (χ3v) is 4.02. The summed E-state index contributed by atoms with van der Waals surface area (Å²) in [5.41, 5.74) is 1.38. The second-order valence-corrected chi connectivity index (χ2v) is 8.00. The number of benzene rings is 2. The molecule has 9 heteroatoms. The number of alkyl halides is 3. The quantitative estimate of drug-likeness (QED) is 0.452. The van der Waals surface area contributed by atoms with E-state index in [4.69, 9.17) is 0 Å². The predicted molar refractivity (Wildman–Crippen MR) is 112 cm³/mol. The molecule has 0 fully saturated rings. The first kappa shape index (κ1) is 22.3. The Morgan fingerprint density at radius 2 is 1.68 bits per heavy atom. The van der Waals surface area contributed by atoms with Crippen molar-refractivity contribution in [2.75, 3.05) is 10.6 Å². The molecule has 3 rings (SSSR count). The average molecular weight is 434 g/mol. The third kappa shape index (κ3) is 6.56. The first-order chi connectivity index (χ1) is 14.4. The Hall–Kier alpha value is -3.36. The molecular weight excluding hydrogens is 412 g/mol. The first-order valence-corrected chi connectivity index (χ1v) is 9.45. The smallest absolute Gasteiger partial charge is 0.406 e. The van der Waals surface area contributed by atoms with E-state index < -0.39 is 6.36 Å². The van der Waals surface area contributed by atoms with E-state index in [1.54, 1.807) is 31.2 Å². The maximum atomic E-state index is 13.9. The van der Waals surface area contributed by atoms with E-state index in [9.17, 15) is 17.6 Å². The molecule has 0 atom stereocenters. The van der Waals surface area contributed by atoms with Gasteiger partial charge >= 0.3 is 6.36 Å². The van der Waals surface area contributed by atoms with Gasteiger partial charge in [0.2, 0.25) is 5.95 Å². The summed E-state index contributed by atoms with van der Waals surface area (Å²) in [5, 5.41) is 6.16. The summed E-state index contributed by atoms with van der Waals surface area (Å²) in [6, 6.07) is 11.7. The highest BCUT2D eigenvalue weighted by molar-refractivity contribution is 5.68. The molecule has 0 bridgehead atoms. The molecule has 0 radical (unpaired) electrons. The number of aryl methyl sites for hydroxylation is 1. The predicted octanol–water partition coefficient (Wildman–Crippen LogP) is 6.44. The molecule has 5 nitrogen and oxygen atoms in total. The zero-order valence-corrected chi connectivity index (χ0v) is 17.4. The van der Waals surface area contributed by atoms with E-state index in [2.05, 4.69) is 25.3 Å². The van der Waals surface area contributed by atoms with E-state index in [0.717, 1.165) is 0 Å². The third-order valence-electron chi connectivity index (χ3n) is 4.02. The van der Waals surface area contributed by atoms with Crippen LogP contribution < -0.4 is 15.4 Å². The van der Waals surface area contributed by atoms with Gasteiger partial charge in [-0.3, -0.25) is 0 Å². The van der Waals surface area contributed by atoms with Crippen LogP contribution in [0, 0.1) is 12.7 Å². The Kier molecular flexibility index (Phi) is 6.06. The minimum Gasteiger partial charge on any atom is -0.406 e. The van der Waals surface area contributed by atoms with E-state index in [0.29, 0.717) is 28.3 Å². The average Bonchev–Trinajstić information content (AvgIpc) is 2.62. The summed E-state index contributed by atoms with van der Waals surface area (Å²) in [6.45, 7) is 7.42. The highest BCUT2D eigenvalue weighted by Gasteiger charge is 2.31. The van der Waals surface area contributed by atoms with Crippen LogP contribution in [0.3, 0.4) is 0 Å². The Labute approximate surface area is 177 Å². The topological polar surface area (TPSA) is 59.1 Å². The molecule has 0 spiro atoms. The summed E-state index contributed by atoms with van der Waals surface area (Å²) in [6.07, 6.45) is -4.80. The van der Waals surface area contributed by atoms with Crippen molar-refractivity contribution in [1.29, 1.82) is 0 Å². The molecule has 0 aliphatic rings. The fraction of sp³-hybridized carbons (Fsp3) is 0.273. The molecule has 0 unspecified atom stereocenters. The van der Waals surface area contributed by atoms with Crippen molar-refractivity contribution in [3.8, 4) is 17.0 Å². The normalized spacial score (nSPS) is 11.9. The number of anilines is 3. The fourth-order valence-electron chi connectivity index (χ4n) is 2.72. The van der Waals surface area contributed by atoms with Crippen LogP contribution >= 0.6 is 0 Å². The molecule has 0 aliphatic carbocycles. The van der Waals surface area contributed by atoms with Crippen LogP contribution in [0.4, 0.5) is 35.0 Å². The second-order valence-electron chi connectivity index (χ2n) is 8.00. The maximum Gasteiger partial charge on any atom is 0.573 e. The van der Waals surface area contributed by atoms with Crippen LogP contribution in [0.2, 0.25) is 0 Å². The summed E-state index contributed by atoms with van der Waals surface area (Å²) >= 11 is 0. The van der Waals surface area contributed by atoms with E-state index in [1.807, 2.05) is 20.8 Å². The van der Waals surface area contributed by atoms with Gasteiger partial charge < -0.3 is 15.4 Å².